The van der Waals surface area contributed by atoms with Crippen molar-refractivity contribution in [2.75, 3.05) is 19.7 Å². The van der Waals surface area contributed by atoms with Crippen LogP contribution in [0.25, 0.3) is 5.65 Å². The highest BCUT2D eigenvalue weighted by Crippen LogP contribution is 2.14. The first-order chi connectivity index (χ1) is 8.83. The van der Waals surface area contributed by atoms with E-state index in [9.17, 15) is 4.79 Å². The lowest BCUT2D eigenvalue weighted by Gasteiger charge is -2.22. The fraction of sp³-hybridized carbons (Fsp3) is 0.545. The van der Waals surface area contributed by atoms with Crippen molar-refractivity contribution in [1.82, 2.24) is 25.1 Å². The Kier molecular flexibility index (Phi) is 2.97. The molecule has 1 fully saturated rings. The molecule has 0 radical (unpaired) electrons. The fourth-order valence-corrected chi connectivity index (χ4v) is 2.11. The summed E-state index contributed by atoms with van der Waals surface area (Å²) < 4.78 is 6.84. The minimum atomic E-state index is -0.350. The van der Waals surface area contributed by atoms with Crippen molar-refractivity contribution in [1.29, 1.82) is 0 Å². The zero-order chi connectivity index (χ0) is 12.4. The Morgan fingerprint density at radius 3 is 3.06 bits per heavy atom. The van der Waals surface area contributed by atoms with Gasteiger partial charge in [-0.2, -0.15) is 9.61 Å². The van der Waals surface area contributed by atoms with Gasteiger partial charge in [0.1, 0.15) is 0 Å². The average molecular weight is 249 g/mol. The molecule has 96 valence electrons. The van der Waals surface area contributed by atoms with E-state index in [4.69, 9.17) is 4.74 Å². The number of rotatable bonds is 3. The summed E-state index contributed by atoms with van der Waals surface area (Å²) in [6.07, 6.45) is 2.24. The van der Waals surface area contributed by atoms with Crippen molar-refractivity contribution in [3.8, 4) is 5.88 Å². The Hall–Kier alpha value is -1.89. The van der Waals surface area contributed by atoms with Crippen molar-refractivity contribution in [2.45, 2.75) is 12.8 Å². The van der Waals surface area contributed by atoms with E-state index >= 15 is 0 Å². The number of nitrogens with zero attached hydrogens (tertiary/aromatic N) is 3. The second-order valence-corrected chi connectivity index (χ2v) is 4.47. The zero-order valence-corrected chi connectivity index (χ0v) is 9.93. The van der Waals surface area contributed by atoms with Crippen molar-refractivity contribution in [3.63, 3.8) is 0 Å². The molecule has 3 heterocycles. The molecule has 2 N–H and O–H groups in total. The van der Waals surface area contributed by atoms with Gasteiger partial charge in [-0.15, -0.1) is 5.10 Å². The third-order valence-corrected chi connectivity index (χ3v) is 3.17. The van der Waals surface area contributed by atoms with Crippen LogP contribution in [0.4, 0.5) is 0 Å². The molecule has 0 amide bonds. The third kappa shape index (κ3) is 2.21. The average Bonchev–Trinajstić information content (AvgIpc) is 2.79. The topological polar surface area (TPSA) is 84.3 Å². The minimum absolute atomic E-state index is 0.350. The largest absolute Gasteiger partial charge is 0.476 e. The Morgan fingerprint density at radius 1 is 1.39 bits per heavy atom. The van der Waals surface area contributed by atoms with Crippen LogP contribution < -0.4 is 15.7 Å². The van der Waals surface area contributed by atoms with E-state index in [2.05, 4.69) is 20.6 Å². The van der Waals surface area contributed by atoms with Crippen LogP contribution in [-0.2, 0) is 0 Å². The van der Waals surface area contributed by atoms with Crippen molar-refractivity contribution in [3.05, 3.63) is 22.6 Å². The van der Waals surface area contributed by atoms with Crippen molar-refractivity contribution < 1.29 is 4.74 Å². The summed E-state index contributed by atoms with van der Waals surface area (Å²) in [6.45, 7) is 2.73. The number of aromatic nitrogens is 4. The van der Waals surface area contributed by atoms with E-state index in [0.717, 1.165) is 25.9 Å². The van der Waals surface area contributed by atoms with Crippen LogP contribution in [0.1, 0.15) is 12.8 Å². The summed E-state index contributed by atoms with van der Waals surface area (Å²) in [6, 6.07) is 3.44. The summed E-state index contributed by atoms with van der Waals surface area (Å²) in [5, 5.41) is 13.6. The number of hydrogen-bond acceptors (Lipinski definition) is 5. The van der Waals surface area contributed by atoms with E-state index in [1.165, 1.54) is 4.52 Å². The van der Waals surface area contributed by atoms with Crippen LogP contribution in [0.15, 0.2) is 16.9 Å². The van der Waals surface area contributed by atoms with E-state index in [-0.39, 0.29) is 5.69 Å². The molecule has 1 aliphatic heterocycles. The molecular weight excluding hydrogens is 234 g/mol. The maximum absolute atomic E-state index is 11.4. The van der Waals surface area contributed by atoms with Gasteiger partial charge in [-0.05, 0) is 37.9 Å². The minimum Gasteiger partial charge on any atom is -0.476 e. The standard InChI is InChI=1S/C11H15N5O2/c17-11-14-13-9-1-2-10(15-16(9)11)18-7-8-3-5-12-6-4-8/h1-2,8,12H,3-7H2,(H,14,17). The fourth-order valence-electron chi connectivity index (χ4n) is 2.11. The molecule has 3 rings (SSSR count). The first kappa shape index (κ1) is 11.2. The van der Waals surface area contributed by atoms with E-state index in [0.29, 0.717) is 24.1 Å². The highest BCUT2D eigenvalue weighted by atomic mass is 16.5. The molecule has 0 atom stereocenters. The number of hydrogen-bond donors (Lipinski definition) is 2. The summed E-state index contributed by atoms with van der Waals surface area (Å²) in [5.41, 5.74) is 0.145. The molecule has 0 bridgehead atoms. The van der Waals surface area contributed by atoms with Gasteiger partial charge < -0.3 is 10.1 Å². The van der Waals surface area contributed by atoms with Gasteiger partial charge in [0.05, 0.1) is 6.61 Å². The molecule has 1 aliphatic rings. The molecule has 0 spiro atoms. The molecule has 0 saturated carbocycles. The molecule has 2 aromatic rings. The Bertz CT molecular complexity index is 584. The normalized spacial score (nSPS) is 17.1. The second-order valence-electron chi connectivity index (χ2n) is 4.47. The maximum Gasteiger partial charge on any atom is 0.364 e. The summed E-state index contributed by atoms with van der Waals surface area (Å²) in [7, 11) is 0. The molecule has 18 heavy (non-hydrogen) atoms. The number of fused-ring (bicyclic) bond motifs is 1. The maximum atomic E-state index is 11.4. The highest BCUT2D eigenvalue weighted by molar-refractivity contribution is 5.35. The molecule has 0 aliphatic carbocycles. The van der Waals surface area contributed by atoms with Gasteiger partial charge in [-0.1, -0.05) is 0 Å². The van der Waals surface area contributed by atoms with E-state index < -0.39 is 0 Å². The predicted octanol–water partition coefficient (Wildman–Crippen LogP) is -0.204. The van der Waals surface area contributed by atoms with Crippen LogP contribution in [0, 0.1) is 5.92 Å². The number of H-pyrrole nitrogens is 1. The Labute approximate surface area is 103 Å². The molecule has 7 heteroatoms. The Balaban J connectivity index is 1.70. The van der Waals surface area contributed by atoms with Crippen LogP contribution in [-0.4, -0.2) is 39.5 Å². The first-order valence-corrected chi connectivity index (χ1v) is 6.11. The molecule has 1 saturated heterocycles. The second kappa shape index (κ2) is 4.77. The van der Waals surface area contributed by atoms with Crippen LogP contribution in [0.2, 0.25) is 0 Å². The summed E-state index contributed by atoms with van der Waals surface area (Å²) >= 11 is 0. The van der Waals surface area contributed by atoms with Crippen LogP contribution in [0.3, 0.4) is 0 Å². The SMILES string of the molecule is O=c1[nH]nc2ccc(OCC3CCNCC3)nn12. The molecule has 2 aromatic heterocycles. The summed E-state index contributed by atoms with van der Waals surface area (Å²) in [5.74, 6) is 1.02. The van der Waals surface area contributed by atoms with Crippen molar-refractivity contribution in [2.24, 2.45) is 5.92 Å². The smallest absolute Gasteiger partial charge is 0.364 e. The van der Waals surface area contributed by atoms with Gasteiger partial charge in [0.2, 0.25) is 5.88 Å². The lowest BCUT2D eigenvalue weighted by atomic mass is 9.99. The van der Waals surface area contributed by atoms with Gasteiger partial charge in [-0.25, -0.2) is 9.89 Å². The van der Waals surface area contributed by atoms with Crippen molar-refractivity contribution >= 4 is 5.65 Å². The van der Waals surface area contributed by atoms with Gasteiger partial charge >= 0.3 is 5.69 Å². The molecule has 0 unspecified atom stereocenters. The van der Waals surface area contributed by atoms with Gasteiger partial charge in [0, 0.05) is 6.07 Å². The number of ether oxygens (including phenoxy) is 1. The lowest BCUT2D eigenvalue weighted by molar-refractivity contribution is 0.206. The first-order valence-electron chi connectivity index (χ1n) is 6.11. The number of nitrogens with one attached hydrogen (secondary N) is 2. The molecule has 0 aromatic carbocycles. The number of piperidine rings is 1. The molecular formula is C11H15N5O2. The van der Waals surface area contributed by atoms with Gasteiger partial charge in [-0.3, -0.25) is 0 Å². The molecule has 7 nitrogen and oxygen atoms in total. The number of aromatic amines is 1. The lowest BCUT2D eigenvalue weighted by Crippen LogP contribution is -2.30. The third-order valence-electron chi connectivity index (χ3n) is 3.17. The van der Waals surface area contributed by atoms with Gasteiger partial charge in [0.15, 0.2) is 5.65 Å². The van der Waals surface area contributed by atoms with E-state index in [1.54, 1.807) is 12.1 Å². The predicted molar refractivity (Wildman–Crippen MR) is 64.7 cm³/mol. The van der Waals surface area contributed by atoms with Gasteiger partial charge in [0.25, 0.3) is 0 Å². The summed E-state index contributed by atoms with van der Waals surface area (Å²) in [4.78, 5) is 11.4. The van der Waals surface area contributed by atoms with Crippen LogP contribution in [0.5, 0.6) is 5.88 Å². The zero-order valence-electron chi connectivity index (χ0n) is 9.93. The van der Waals surface area contributed by atoms with Crippen LogP contribution >= 0.6 is 0 Å². The quantitative estimate of drug-likeness (QED) is 0.786. The Morgan fingerprint density at radius 2 is 2.22 bits per heavy atom. The van der Waals surface area contributed by atoms with E-state index in [1.807, 2.05) is 0 Å². The monoisotopic (exact) mass is 249 g/mol. The highest BCUT2D eigenvalue weighted by Gasteiger charge is 2.14.